The van der Waals surface area contributed by atoms with Crippen LogP contribution >= 0.6 is 11.8 Å². The summed E-state index contributed by atoms with van der Waals surface area (Å²) in [5, 5.41) is 0.802. The van der Waals surface area contributed by atoms with Gasteiger partial charge in [-0.2, -0.15) is 0 Å². The number of nitrogens with zero attached hydrogens (tertiary/aromatic N) is 2. The molecule has 0 bridgehead atoms. The molecule has 0 N–H and O–H groups in total. The Morgan fingerprint density at radius 3 is 2.74 bits per heavy atom. The van der Waals surface area contributed by atoms with E-state index in [9.17, 15) is 0 Å². The lowest BCUT2D eigenvalue weighted by Crippen LogP contribution is -2.01. The Morgan fingerprint density at radius 1 is 1.21 bits per heavy atom. The van der Waals surface area contributed by atoms with Gasteiger partial charge in [-0.05, 0) is 36.6 Å². The number of ether oxygens (including phenoxy) is 1. The van der Waals surface area contributed by atoms with Crippen LogP contribution in [0.25, 0.3) is 0 Å². The van der Waals surface area contributed by atoms with Gasteiger partial charge in [-0.25, -0.2) is 9.97 Å². The van der Waals surface area contributed by atoms with Gasteiger partial charge in [-0.15, -0.1) is 0 Å². The third-order valence-electron chi connectivity index (χ3n) is 2.65. The number of benzene rings is 1. The standard InChI is InChI=1S/C15H18N2OS/c1-3-13-5-4-6-14(9-13)18-7-8-19-15-16-10-12(2)11-17-15/h4-6,9-11H,3,7-8H2,1-2H3. The molecule has 2 aromatic rings. The molecule has 0 fully saturated rings. The van der Waals surface area contributed by atoms with Crippen LogP contribution in [0, 0.1) is 6.92 Å². The monoisotopic (exact) mass is 274 g/mol. The molecule has 2 rings (SSSR count). The Hall–Kier alpha value is -1.55. The molecule has 1 heterocycles. The first-order valence-corrected chi connectivity index (χ1v) is 7.39. The predicted molar refractivity (Wildman–Crippen MR) is 78.8 cm³/mol. The van der Waals surface area contributed by atoms with Crippen LogP contribution in [0.4, 0.5) is 0 Å². The average Bonchev–Trinajstić information content (AvgIpc) is 2.46. The van der Waals surface area contributed by atoms with E-state index in [0.29, 0.717) is 6.61 Å². The molecular weight excluding hydrogens is 256 g/mol. The fourth-order valence-corrected chi connectivity index (χ4v) is 2.21. The van der Waals surface area contributed by atoms with E-state index in [1.54, 1.807) is 11.8 Å². The van der Waals surface area contributed by atoms with Crippen molar-refractivity contribution in [3.63, 3.8) is 0 Å². The molecule has 0 unspecified atom stereocenters. The van der Waals surface area contributed by atoms with E-state index in [-0.39, 0.29) is 0 Å². The van der Waals surface area contributed by atoms with Crippen LogP contribution in [0.1, 0.15) is 18.1 Å². The molecule has 0 aliphatic rings. The van der Waals surface area contributed by atoms with Gasteiger partial charge in [0.25, 0.3) is 0 Å². The first kappa shape index (κ1) is 13.9. The third-order valence-corrected chi connectivity index (χ3v) is 3.49. The maximum absolute atomic E-state index is 5.72. The minimum Gasteiger partial charge on any atom is -0.493 e. The number of aryl methyl sites for hydroxylation is 2. The molecule has 0 aliphatic heterocycles. The van der Waals surface area contributed by atoms with Crippen molar-refractivity contribution in [1.82, 2.24) is 9.97 Å². The van der Waals surface area contributed by atoms with E-state index in [4.69, 9.17) is 4.74 Å². The lowest BCUT2D eigenvalue weighted by atomic mass is 10.2. The highest BCUT2D eigenvalue weighted by Crippen LogP contribution is 2.16. The van der Waals surface area contributed by atoms with Crippen LogP contribution in [-0.4, -0.2) is 22.3 Å². The average molecular weight is 274 g/mol. The summed E-state index contributed by atoms with van der Waals surface area (Å²) < 4.78 is 5.72. The Morgan fingerprint density at radius 2 is 2.00 bits per heavy atom. The highest BCUT2D eigenvalue weighted by molar-refractivity contribution is 7.99. The number of rotatable bonds is 6. The summed E-state index contributed by atoms with van der Waals surface area (Å²) >= 11 is 1.61. The molecular formula is C15H18N2OS. The Bertz CT molecular complexity index is 514. The SMILES string of the molecule is CCc1cccc(OCCSc2ncc(C)cn2)c1. The molecule has 0 spiro atoms. The molecule has 4 heteroatoms. The van der Waals surface area contributed by atoms with Crippen molar-refractivity contribution in [2.24, 2.45) is 0 Å². The van der Waals surface area contributed by atoms with E-state index in [0.717, 1.165) is 28.6 Å². The highest BCUT2D eigenvalue weighted by Gasteiger charge is 1.99. The van der Waals surface area contributed by atoms with Crippen LogP contribution in [0.5, 0.6) is 5.75 Å². The summed E-state index contributed by atoms with van der Waals surface area (Å²) in [6.45, 7) is 4.79. The Labute approximate surface area is 118 Å². The number of thioether (sulfide) groups is 1. The van der Waals surface area contributed by atoms with Gasteiger partial charge in [0.15, 0.2) is 5.16 Å². The first-order chi connectivity index (χ1) is 9.28. The second kappa shape index (κ2) is 7.14. The smallest absolute Gasteiger partial charge is 0.187 e. The van der Waals surface area contributed by atoms with Crippen molar-refractivity contribution >= 4 is 11.8 Å². The number of hydrogen-bond donors (Lipinski definition) is 0. The lowest BCUT2D eigenvalue weighted by Gasteiger charge is -2.06. The first-order valence-electron chi connectivity index (χ1n) is 6.41. The summed E-state index contributed by atoms with van der Waals surface area (Å²) in [6, 6.07) is 8.23. The summed E-state index contributed by atoms with van der Waals surface area (Å²) in [5.74, 6) is 1.78. The van der Waals surface area contributed by atoms with E-state index in [1.165, 1.54) is 5.56 Å². The van der Waals surface area contributed by atoms with E-state index >= 15 is 0 Å². The minimum atomic E-state index is 0.662. The van der Waals surface area contributed by atoms with Crippen molar-refractivity contribution in [2.75, 3.05) is 12.4 Å². The molecule has 0 amide bonds. The van der Waals surface area contributed by atoms with Crippen molar-refractivity contribution in [2.45, 2.75) is 25.4 Å². The molecule has 0 saturated carbocycles. The lowest BCUT2D eigenvalue weighted by molar-refractivity contribution is 0.343. The zero-order chi connectivity index (χ0) is 13.5. The Kier molecular flexibility index (Phi) is 5.21. The second-order valence-corrected chi connectivity index (χ2v) is 5.30. The molecule has 100 valence electrons. The van der Waals surface area contributed by atoms with Crippen LogP contribution < -0.4 is 4.74 Å². The van der Waals surface area contributed by atoms with Crippen LogP contribution in [0.15, 0.2) is 41.8 Å². The van der Waals surface area contributed by atoms with Crippen molar-refractivity contribution in [3.05, 3.63) is 47.8 Å². The number of hydrogen-bond acceptors (Lipinski definition) is 4. The highest BCUT2D eigenvalue weighted by atomic mass is 32.2. The van der Waals surface area contributed by atoms with Gasteiger partial charge >= 0.3 is 0 Å². The molecule has 19 heavy (non-hydrogen) atoms. The largest absolute Gasteiger partial charge is 0.493 e. The molecule has 1 aromatic heterocycles. The molecule has 1 aromatic carbocycles. The zero-order valence-electron chi connectivity index (χ0n) is 11.3. The topological polar surface area (TPSA) is 35.0 Å². The van der Waals surface area contributed by atoms with Crippen LogP contribution in [-0.2, 0) is 6.42 Å². The fraction of sp³-hybridized carbons (Fsp3) is 0.333. The maximum atomic E-state index is 5.72. The van der Waals surface area contributed by atoms with Crippen molar-refractivity contribution in [3.8, 4) is 5.75 Å². The van der Waals surface area contributed by atoms with Gasteiger partial charge in [0.05, 0.1) is 6.61 Å². The molecule has 0 radical (unpaired) electrons. The van der Waals surface area contributed by atoms with Gasteiger partial charge in [0.2, 0.25) is 0 Å². The van der Waals surface area contributed by atoms with Gasteiger partial charge in [0, 0.05) is 18.1 Å². The van der Waals surface area contributed by atoms with Gasteiger partial charge in [0.1, 0.15) is 5.75 Å². The van der Waals surface area contributed by atoms with Gasteiger partial charge in [-0.3, -0.25) is 0 Å². The summed E-state index contributed by atoms with van der Waals surface area (Å²) in [5.41, 5.74) is 2.38. The van der Waals surface area contributed by atoms with Gasteiger partial charge < -0.3 is 4.74 Å². The zero-order valence-corrected chi connectivity index (χ0v) is 12.1. The second-order valence-electron chi connectivity index (χ2n) is 4.24. The normalized spacial score (nSPS) is 10.4. The van der Waals surface area contributed by atoms with E-state index < -0.39 is 0 Å². The van der Waals surface area contributed by atoms with Gasteiger partial charge in [-0.1, -0.05) is 30.8 Å². The maximum Gasteiger partial charge on any atom is 0.187 e. The molecule has 0 aliphatic carbocycles. The summed E-state index contributed by atoms with van der Waals surface area (Å²) in [4.78, 5) is 8.49. The van der Waals surface area contributed by atoms with E-state index in [2.05, 4.69) is 29.0 Å². The van der Waals surface area contributed by atoms with Crippen LogP contribution in [0.2, 0.25) is 0 Å². The summed E-state index contributed by atoms with van der Waals surface area (Å²) in [6.07, 6.45) is 4.70. The minimum absolute atomic E-state index is 0.662. The van der Waals surface area contributed by atoms with E-state index in [1.807, 2.05) is 31.5 Å². The molecule has 3 nitrogen and oxygen atoms in total. The van der Waals surface area contributed by atoms with Crippen molar-refractivity contribution in [1.29, 1.82) is 0 Å². The Balaban J connectivity index is 1.75. The molecule has 0 atom stereocenters. The quantitative estimate of drug-likeness (QED) is 0.458. The summed E-state index contributed by atoms with van der Waals surface area (Å²) in [7, 11) is 0. The predicted octanol–water partition coefficient (Wildman–Crippen LogP) is 3.52. The van der Waals surface area contributed by atoms with Crippen molar-refractivity contribution < 1.29 is 4.74 Å². The third kappa shape index (κ3) is 4.56. The van der Waals surface area contributed by atoms with Crippen LogP contribution in [0.3, 0.4) is 0 Å². The number of aromatic nitrogens is 2. The fourth-order valence-electron chi connectivity index (χ4n) is 1.60. The molecule has 0 saturated heterocycles.